The molecule has 0 fully saturated rings. The van der Waals surface area contributed by atoms with Crippen LogP contribution in [0.5, 0.6) is 0 Å². The van der Waals surface area contributed by atoms with Crippen LogP contribution in [0.15, 0.2) is 12.7 Å². The van der Waals surface area contributed by atoms with Gasteiger partial charge in [-0.15, -0.1) is 6.58 Å². The van der Waals surface area contributed by atoms with Crippen LogP contribution in [0.4, 0.5) is 0 Å². The summed E-state index contributed by atoms with van der Waals surface area (Å²) >= 11 is 0. The second-order valence-electron chi connectivity index (χ2n) is 0.981. The fraction of sp³-hybridized carbons (Fsp3) is 0.333. The molecule has 0 saturated heterocycles. The molecule has 0 aliphatic carbocycles. The molecule has 4 nitrogen and oxygen atoms in total. The van der Waals surface area contributed by atoms with Crippen molar-refractivity contribution in [1.82, 2.24) is 0 Å². The topological polar surface area (TPSA) is 66.4 Å². The Balaban J connectivity index is 0. The summed E-state index contributed by atoms with van der Waals surface area (Å²) in [6, 6.07) is 0. The van der Waals surface area contributed by atoms with Crippen LogP contribution < -0.4 is 0 Å². The molecule has 0 spiro atoms. The quantitative estimate of drug-likeness (QED) is 0.392. The Morgan fingerprint density at radius 3 is 2.22 bits per heavy atom. The standard InChI is InChI=1S/C3H6O4S.Fr/c1-2-3-7-8(4,5)6;/h2H,1,3H2,(H,4,5,6);/q;+1/p-1. The molecule has 0 amide bonds. The summed E-state index contributed by atoms with van der Waals surface area (Å²) < 4.78 is 32.4. The second kappa shape index (κ2) is 5.95. The number of hydrogen-bond acceptors (Lipinski definition) is 4. The molecule has 6 heteroatoms. The third-order valence-corrected chi connectivity index (χ3v) is 0.755. The van der Waals surface area contributed by atoms with Crippen molar-refractivity contribution in [3.63, 3.8) is 0 Å². The van der Waals surface area contributed by atoms with Gasteiger partial charge in [0, 0.05) is 0 Å². The van der Waals surface area contributed by atoms with Gasteiger partial charge in [0.05, 0.1) is 6.61 Å². The Hall–Kier alpha value is 1.21. The summed E-state index contributed by atoms with van der Waals surface area (Å²) in [5, 5.41) is 0. The van der Waals surface area contributed by atoms with Crippen molar-refractivity contribution >= 4 is 10.4 Å². The van der Waals surface area contributed by atoms with Crippen molar-refractivity contribution in [3.8, 4) is 0 Å². The zero-order valence-electron chi connectivity index (χ0n) is 5.03. The number of hydrogen-bond donors (Lipinski definition) is 0. The van der Waals surface area contributed by atoms with Gasteiger partial charge >= 0.3 is 49.9 Å². The summed E-state index contributed by atoms with van der Waals surface area (Å²) in [5.74, 6) is 0. The molecule has 9 heavy (non-hydrogen) atoms. The van der Waals surface area contributed by atoms with Gasteiger partial charge in [0.1, 0.15) is 0 Å². The molecule has 48 valence electrons. The first-order chi connectivity index (χ1) is 3.56. The van der Waals surface area contributed by atoms with E-state index >= 15 is 0 Å². The Kier molecular flexibility index (Phi) is 8.50. The first-order valence-corrected chi connectivity index (χ1v) is 3.11. The molecule has 0 atom stereocenters. The van der Waals surface area contributed by atoms with E-state index in [1.54, 1.807) is 0 Å². The first-order valence-electron chi connectivity index (χ1n) is 1.77. The minimum absolute atomic E-state index is 0. The van der Waals surface area contributed by atoms with Gasteiger partial charge in [-0.2, -0.15) is 0 Å². The van der Waals surface area contributed by atoms with E-state index in [9.17, 15) is 13.0 Å². The maximum absolute atomic E-state index is 9.56. The van der Waals surface area contributed by atoms with E-state index in [0.29, 0.717) is 0 Å². The molecule has 0 aliphatic rings. The second-order valence-corrected chi connectivity index (χ2v) is 2.03. The molecule has 0 aliphatic heterocycles. The van der Waals surface area contributed by atoms with E-state index in [0.717, 1.165) is 0 Å². The zero-order valence-corrected chi connectivity index (χ0v) is 14.1. The molecule has 0 aromatic carbocycles. The Labute approximate surface area is 95.2 Å². The fourth-order valence-corrected chi connectivity index (χ4v) is 0.394. The van der Waals surface area contributed by atoms with Crippen molar-refractivity contribution in [3.05, 3.63) is 12.7 Å². The van der Waals surface area contributed by atoms with Crippen LogP contribution in [0, 0.1) is 49.9 Å². The predicted octanol–water partition coefficient (Wildman–Crippen LogP) is -0.351. The first kappa shape index (κ1) is 12.8. The maximum Gasteiger partial charge on any atom is 1.00 e. The van der Waals surface area contributed by atoms with Gasteiger partial charge in [0.25, 0.3) is 0 Å². The van der Waals surface area contributed by atoms with Gasteiger partial charge in [-0.05, 0) is 0 Å². The molecule has 0 aromatic rings. The van der Waals surface area contributed by atoms with Crippen LogP contribution in [-0.2, 0) is 14.6 Å². The maximum atomic E-state index is 9.56. The molecular formula is C3H5FrO4S. The van der Waals surface area contributed by atoms with Gasteiger partial charge in [-0.3, -0.25) is 4.18 Å². The van der Waals surface area contributed by atoms with E-state index in [-0.39, 0.29) is 56.5 Å². The molecular weight excluding hydrogens is 355 g/mol. The van der Waals surface area contributed by atoms with E-state index in [4.69, 9.17) is 0 Å². The molecule has 0 unspecified atom stereocenters. The summed E-state index contributed by atoms with van der Waals surface area (Å²) in [4.78, 5) is 0. The zero-order chi connectivity index (χ0) is 6.62. The molecule has 0 radical (unpaired) electrons. The van der Waals surface area contributed by atoms with Crippen molar-refractivity contribution in [1.29, 1.82) is 0 Å². The summed E-state index contributed by atoms with van der Waals surface area (Å²) in [7, 11) is -4.51. The van der Waals surface area contributed by atoms with Crippen LogP contribution >= 0.6 is 0 Å². The van der Waals surface area contributed by atoms with Crippen molar-refractivity contribution in [2.75, 3.05) is 6.61 Å². The van der Waals surface area contributed by atoms with Crippen molar-refractivity contribution in [2.45, 2.75) is 0 Å². The smallest absolute Gasteiger partial charge is 0.726 e. The fourth-order valence-electron chi connectivity index (χ4n) is 0.131. The Bertz CT molecular complexity index is 161. The molecule has 0 N–H and O–H groups in total. The van der Waals surface area contributed by atoms with Crippen LogP contribution in [0.25, 0.3) is 0 Å². The van der Waals surface area contributed by atoms with Gasteiger partial charge < -0.3 is 4.55 Å². The number of rotatable bonds is 3. The predicted molar refractivity (Wildman–Crippen MR) is 25.8 cm³/mol. The average molecular weight is 360 g/mol. The van der Waals surface area contributed by atoms with Crippen LogP contribution in [0.3, 0.4) is 0 Å². The van der Waals surface area contributed by atoms with Gasteiger partial charge in [0.15, 0.2) is 0 Å². The summed E-state index contributed by atoms with van der Waals surface area (Å²) in [6.07, 6.45) is 1.18. The monoisotopic (exact) mass is 360 g/mol. The minimum atomic E-state index is -4.51. The molecule has 0 rings (SSSR count). The van der Waals surface area contributed by atoms with Gasteiger partial charge in [-0.25, -0.2) is 8.42 Å². The third kappa shape index (κ3) is 12.4. The van der Waals surface area contributed by atoms with E-state index in [2.05, 4.69) is 10.8 Å². The van der Waals surface area contributed by atoms with E-state index < -0.39 is 10.4 Å². The normalized spacial score (nSPS) is 9.89. The van der Waals surface area contributed by atoms with Crippen molar-refractivity contribution in [2.24, 2.45) is 0 Å². The Morgan fingerprint density at radius 2 is 2.11 bits per heavy atom. The summed E-state index contributed by atoms with van der Waals surface area (Å²) in [5.41, 5.74) is 0. The van der Waals surface area contributed by atoms with E-state index in [1.807, 2.05) is 0 Å². The van der Waals surface area contributed by atoms with E-state index in [1.165, 1.54) is 6.08 Å². The summed E-state index contributed by atoms with van der Waals surface area (Å²) in [6.45, 7) is 2.88. The Morgan fingerprint density at radius 1 is 1.67 bits per heavy atom. The van der Waals surface area contributed by atoms with Gasteiger partial charge in [0.2, 0.25) is 10.4 Å². The minimum Gasteiger partial charge on any atom is -0.726 e. The largest absolute Gasteiger partial charge is 1.00 e. The van der Waals surface area contributed by atoms with Crippen LogP contribution in [0.2, 0.25) is 0 Å². The SMILES string of the molecule is C=CCOS(=O)(=O)[O-].[Fr+]. The third-order valence-electron chi connectivity index (χ3n) is 0.330. The molecule has 0 bridgehead atoms. The molecule has 0 saturated carbocycles. The van der Waals surface area contributed by atoms with Crippen LogP contribution in [0.1, 0.15) is 0 Å². The van der Waals surface area contributed by atoms with Gasteiger partial charge in [-0.1, -0.05) is 6.08 Å². The molecule has 0 aromatic heterocycles. The van der Waals surface area contributed by atoms with Crippen LogP contribution in [-0.4, -0.2) is 19.6 Å². The molecule has 0 heterocycles. The average Bonchev–Trinajstić information content (AvgIpc) is 1.59. The van der Waals surface area contributed by atoms with Crippen molar-refractivity contribution < 1.29 is 67.0 Å².